The molecule has 186 valence electrons. The molecule has 2 aliphatic heterocycles. The second kappa shape index (κ2) is 11.7. The van der Waals surface area contributed by atoms with Gasteiger partial charge in [-0.1, -0.05) is 19.4 Å². The van der Waals surface area contributed by atoms with Gasteiger partial charge in [-0.05, 0) is 31.0 Å². The molecule has 0 spiro atoms. The van der Waals surface area contributed by atoms with Crippen molar-refractivity contribution in [1.82, 2.24) is 10.2 Å². The number of rotatable bonds is 7. The lowest BCUT2D eigenvalue weighted by Crippen LogP contribution is -2.25. The lowest BCUT2D eigenvalue weighted by atomic mass is 9.82. The van der Waals surface area contributed by atoms with Gasteiger partial charge in [0.25, 0.3) is 0 Å². The molecule has 0 amide bonds. The summed E-state index contributed by atoms with van der Waals surface area (Å²) in [6.45, 7) is 5.28. The van der Waals surface area contributed by atoms with Gasteiger partial charge >= 0.3 is 17.9 Å². The van der Waals surface area contributed by atoms with Gasteiger partial charge in [0, 0.05) is 35.5 Å². The Morgan fingerprint density at radius 2 is 1.80 bits per heavy atom. The fourth-order valence-corrected chi connectivity index (χ4v) is 3.78. The number of carbonyl (C=O) groups is 3. The molecule has 11 nitrogen and oxygen atoms in total. The second-order valence-corrected chi connectivity index (χ2v) is 7.52. The van der Waals surface area contributed by atoms with Crippen molar-refractivity contribution < 1.29 is 38.8 Å². The highest BCUT2D eigenvalue weighted by Crippen LogP contribution is 2.44. The largest absolute Gasteiger partial charge is 0.486 e. The van der Waals surface area contributed by atoms with Gasteiger partial charge in [-0.3, -0.25) is 5.10 Å². The monoisotopic (exact) mass is 485 g/mol. The number of allylic oxidation sites excluding steroid dienone is 1. The molecule has 35 heavy (non-hydrogen) atoms. The second-order valence-electron chi connectivity index (χ2n) is 7.52. The maximum absolute atomic E-state index is 12.9. The van der Waals surface area contributed by atoms with Crippen LogP contribution in [0.4, 0.5) is 5.82 Å². The first kappa shape index (κ1) is 25.3. The average molecular weight is 485 g/mol. The maximum Gasteiger partial charge on any atom is 0.336 e. The van der Waals surface area contributed by atoms with Crippen LogP contribution in [0.25, 0.3) is 0 Å². The van der Waals surface area contributed by atoms with Crippen LogP contribution < -0.4 is 14.8 Å². The molecular weight excluding hydrogens is 458 g/mol. The Morgan fingerprint density at radius 1 is 1.11 bits per heavy atom. The van der Waals surface area contributed by atoms with Crippen molar-refractivity contribution >= 4 is 23.7 Å². The zero-order valence-electron chi connectivity index (χ0n) is 19.4. The first-order chi connectivity index (χ1) is 16.8. The number of aromatic amines is 1. The summed E-state index contributed by atoms with van der Waals surface area (Å²) in [6, 6.07) is 5.82. The van der Waals surface area contributed by atoms with Crippen LogP contribution in [0.3, 0.4) is 0 Å². The maximum atomic E-state index is 12.9. The molecule has 4 rings (SSSR count). The topological polar surface area (TPSA) is 160 Å². The Hall–Kier alpha value is -4.28. The number of nitrogens with zero attached hydrogens (tertiary/aromatic N) is 1. The van der Waals surface area contributed by atoms with Crippen molar-refractivity contribution in [3.63, 3.8) is 0 Å². The Bertz CT molecular complexity index is 1140. The van der Waals surface area contributed by atoms with E-state index in [-0.39, 0.29) is 11.9 Å². The van der Waals surface area contributed by atoms with E-state index in [1.54, 1.807) is 0 Å². The highest BCUT2D eigenvalue weighted by atomic mass is 16.6. The first-order valence-corrected chi connectivity index (χ1v) is 11.1. The predicted octanol–water partition coefficient (Wildman–Crippen LogP) is 3.07. The normalized spacial score (nSPS) is 16.0. The Morgan fingerprint density at radius 3 is 2.43 bits per heavy atom. The quantitative estimate of drug-likeness (QED) is 0.339. The molecule has 0 fully saturated rings. The molecule has 0 radical (unpaired) electrons. The molecule has 0 saturated carbocycles. The van der Waals surface area contributed by atoms with E-state index in [0.717, 1.165) is 41.2 Å². The van der Waals surface area contributed by atoms with Crippen LogP contribution in [-0.4, -0.2) is 58.1 Å². The van der Waals surface area contributed by atoms with Gasteiger partial charge in [-0.25, -0.2) is 14.4 Å². The van der Waals surface area contributed by atoms with E-state index in [1.807, 2.05) is 31.3 Å². The van der Waals surface area contributed by atoms with Gasteiger partial charge in [0.1, 0.15) is 13.2 Å². The van der Waals surface area contributed by atoms with Gasteiger partial charge in [-0.2, -0.15) is 5.10 Å². The Kier molecular flexibility index (Phi) is 8.49. The summed E-state index contributed by atoms with van der Waals surface area (Å²) in [5, 5.41) is 26.2. The number of H-pyrrole nitrogens is 1. The zero-order chi connectivity index (χ0) is 25.4. The molecule has 4 N–H and O–H groups in total. The van der Waals surface area contributed by atoms with Crippen molar-refractivity contribution in [1.29, 1.82) is 0 Å². The number of fused-ring (bicyclic) bond motifs is 2. The number of esters is 1. The van der Waals surface area contributed by atoms with Crippen LogP contribution in [0.1, 0.15) is 43.7 Å². The highest BCUT2D eigenvalue weighted by Gasteiger charge is 2.36. The fourth-order valence-electron chi connectivity index (χ4n) is 3.78. The lowest BCUT2D eigenvalue weighted by Gasteiger charge is -2.29. The van der Waals surface area contributed by atoms with Crippen LogP contribution in [-0.2, 0) is 19.1 Å². The number of carboxylic acid groups (broad SMARTS) is 2. The Balaban J connectivity index is 0.000000371. The number of nitrogens with one attached hydrogen (secondary N) is 2. The number of ether oxygens (including phenoxy) is 3. The van der Waals surface area contributed by atoms with Crippen LogP contribution >= 0.6 is 0 Å². The number of carbonyl (C=O) groups excluding carboxylic acids is 1. The summed E-state index contributed by atoms with van der Waals surface area (Å²) >= 11 is 0. The van der Waals surface area contributed by atoms with Crippen LogP contribution in [0.2, 0.25) is 0 Å². The molecule has 1 atom stereocenters. The Labute approximate surface area is 201 Å². The number of benzene rings is 1. The molecule has 2 aromatic rings. The van der Waals surface area contributed by atoms with Gasteiger partial charge in [0.2, 0.25) is 0 Å². The minimum atomic E-state index is -1.26. The van der Waals surface area contributed by atoms with Crippen molar-refractivity contribution in [2.45, 2.75) is 32.6 Å². The first-order valence-electron chi connectivity index (χ1n) is 11.1. The lowest BCUT2D eigenvalue weighted by molar-refractivity contribution is -0.139. The van der Waals surface area contributed by atoms with Crippen LogP contribution in [0.15, 0.2) is 47.8 Å². The number of hydrogen-bond donors (Lipinski definition) is 4. The van der Waals surface area contributed by atoms with Gasteiger partial charge < -0.3 is 29.7 Å². The number of aromatic nitrogens is 2. The SMILES string of the molecule is CCCC1=C(C(=O)OCC)C(c2ccc3c(c2)OCCO3)c2c[nH]nc2N1.O=C(O)C=CC(=O)O. The third kappa shape index (κ3) is 6.19. The molecule has 11 heteroatoms. The summed E-state index contributed by atoms with van der Waals surface area (Å²) in [6.07, 6.45) is 4.58. The van der Waals surface area contributed by atoms with E-state index >= 15 is 0 Å². The fraction of sp³-hybridized carbons (Fsp3) is 0.333. The standard InChI is InChI=1S/C20H23N3O4.C4H4O4/c1-3-5-14-18(20(24)25-4-2)17(13-11-21-23-19(13)22-14)12-6-7-15-16(10-12)27-9-8-26-15;5-3(6)1-2-4(7)8/h6-7,10-11,17H,3-5,8-9H2,1-2H3,(H2,21,22,23);1-2H,(H,5,6)(H,7,8). The minimum absolute atomic E-state index is 0.281. The number of carboxylic acids is 2. The van der Waals surface area contributed by atoms with Gasteiger partial charge in [0.15, 0.2) is 17.3 Å². The molecule has 0 bridgehead atoms. The number of anilines is 1. The van der Waals surface area contributed by atoms with E-state index in [4.69, 9.17) is 24.4 Å². The van der Waals surface area contributed by atoms with Crippen molar-refractivity contribution in [2.24, 2.45) is 0 Å². The summed E-state index contributed by atoms with van der Waals surface area (Å²) in [4.78, 5) is 32.0. The molecule has 3 heterocycles. The van der Waals surface area contributed by atoms with Crippen molar-refractivity contribution in [2.75, 3.05) is 25.1 Å². The van der Waals surface area contributed by atoms with E-state index in [9.17, 15) is 14.4 Å². The molecule has 0 saturated heterocycles. The third-order valence-corrected chi connectivity index (χ3v) is 5.13. The smallest absolute Gasteiger partial charge is 0.336 e. The average Bonchev–Trinajstić information content (AvgIpc) is 3.30. The summed E-state index contributed by atoms with van der Waals surface area (Å²) in [7, 11) is 0. The number of hydrogen-bond acceptors (Lipinski definition) is 8. The van der Waals surface area contributed by atoms with E-state index in [1.165, 1.54) is 0 Å². The molecule has 1 unspecified atom stereocenters. The van der Waals surface area contributed by atoms with Crippen LogP contribution in [0, 0.1) is 0 Å². The summed E-state index contributed by atoms with van der Waals surface area (Å²) in [5.74, 6) is -0.938. The summed E-state index contributed by atoms with van der Waals surface area (Å²) in [5.41, 5.74) is 3.34. The molecule has 1 aromatic carbocycles. The van der Waals surface area contributed by atoms with Crippen molar-refractivity contribution in [3.05, 3.63) is 58.9 Å². The molecule has 0 aliphatic carbocycles. The molecule has 2 aliphatic rings. The molecular formula is C24H27N3O8. The third-order valence-electron chi connectivity index (χ3n) is 5.13. The number of aliphatic carboxylic acids is 2. The van der Waals surface area contributed by atoms with Gasteiger partial charge in [0.05, 0.1) is 12.2 Å². The molecule has 1 aromatic heterocycles. The summed E-state index contributed by atoms with van der Waals surface area (Å²) < 4.78 is 16.8. The van der Waals surface area contributed by atoms with Crippen molar-refractivity contribution in [3.8, 4) is 11.5 Å². The van der Waals surface area contributed by atoms with E-state index in [2.05, 4.69) is 22.4 Å². The van der Waals surface area contributed by atoms with E-state index in [0.29, 0.717) is 43.3 Å². The zero-order valence-corrected chi connectivity index (χ0v) is 19.4. The minimum Gasteiger partial charge on any atom is -0.486 e. The van der Waals surface area contributed by atoms with E-state index < -0.39 is 11.9 Å². The predicted molar refractivity (Wildman–Crippen MR) is 124 cm³/mol. The van der Waals surface area contributed by atoms with Gasteiger partial charge in [-0.15, -0.1) is 0 Å². The highest BCUT2D eigenvalue weighted by molar-refractivity contribution is 5.94. The van der Waals surface area contributed by atoms with Crippen LogP contribution in [0.5, 0.6) is 11.5 Å².